The van der Waals surface area contributed by atoms with E-state index in [1.165, 1.54) is 0 Å². The summed E-state index contributed by atoms with van der Waals surface area (Å²) in [5, 5.41) is 0. The van der Waals surface area contributed by atoms with E-state index in [-0.39, 0.29) is 24.2 Å². The molecule has 0 unspecified atom stereocenters. The minimum absolute atomic E-state index is 0.0566. The third-order valence-electron chi connectivity index (χ3n) is 4.03. The van der Waals surface area contributed by atoms with Crippen LogP contribution in [0.4, 0.5) is 0 Å². The molecule has 0 bridgehead atoms. The lowest BCUT2D eigenvalue weighted by atomic mass is 9.88. The third-order valence-corrected chi connectivity index (χ3v) is 4.03. The molecule has 112 valence electrons. The van der Waals surface area contributed by atoms with Gasteiger partial charge in [-0.3, -0.25) is 0 Å². The zero-order valence-corrected chi connectivity index (χ0v) is 12.5. The standard InChI is InChI=1S/C16H25NO3/c1-4-13-11(2)15(14(17)16(18-3)20-13)19-10-12-8-6-5-7-9-12/h5-9,11,13-16H,4,10,17H2,1-3H3/t11-,13+,14+,15-,16+/m0/s1. The molecule has 0 amide bonds. The predicted molar refractivity (Wildman–Crippen MR) is 78.1 cm³/mol. The number of hydrogen-bond acceptors (Lipinski definition) is 4. The number of rotatable bonds is 5. The molecule has 1 aromatic rings. The van der Waals surface area contributed by atoms with Crippen LogP contribution in [0.5, 0.6) is 0 Å². The van der Waals surface area contributed by atoms with Gasteiger partial charge in [0.2, 0.25) is 0 Å². The van der Waals surface area contributed by atoms with Crippen LogP contribution >= 0.6 is 0 Å². The van der Waals surface area contributed by atoms with Crippen molar-refractivity contribution in [3.63, 3.8) is 0 Å². The summed E-state index contributed by atoms with van der Waals surface area (Å²) in [6, 6.07) is 9.88. The van der Waals surface area contributed by atoms with Crippen LogP contribution < -0.4 is 5.73 Å². The molecule has 1 saturated heterocycles. The lowest BCUT2D eigenvalue weighted by Gasteiger charge is -2.43. The molecule has 1 fully saturated rings. The highest BCUT2D eigenvalue weighted by Gasteiger charge is 2.42. The highest BCUT2D eigenvalue weighted by molar-refractivity contribution is 5.13. The summed E-state index contributed by atoms with van der Waals surface area (Å²) in [5.41, 5.74) is 7.38. The van der Waals surface area contributed by atoms with Gasteiger partial charge < -0.3 is 19.9 Å². The molecule has 0 saturated carbocycles. The summed E-state index contributed by atoms with van der Waals surface area (Å²) in [4.78, 5) is 0. The molecule has 5 atom stereocenters. The number of methoxy groups -OCH3 is 1. The van der Waals surface area contributed by atoms with E-state index in [0.717, 1.165) is 12.0 Å². The van der Waals surface area contributed by atoms with Crippen LogP contribution in [0, 0.1) is 5.92 Å². The largest absolute Gasteiger partial charge is 0.371 e. The van der Waals surface area contributed by atoms with Crippen molar-refractivity contribution >= 4 is 0 Å². The Morgan fingerprint density at radius 2 is 1.95 bits per heavy atom. The minimum atomic E-state index is -0.392. The fourth-order valence-corrected chi connectivity index (χ4v) is 2.81. The Hall–Kier alpha value is -0.940. The molecule has 4 heteroatoms. The SMILES string of the molecule is CC[C@H]1O[C@@H](OC)[C@H](N)[C@@H](OCc2ccccc2)[C@H]1C. The van der Waals surface area contributed by atoms with Gasteiger partial charge in [0.1, 0.15) is 0 Å². The van der Waals surface area contributed by atoms with Gasteiger partial charge in [0.05, 0.1) is 24.9 Å². The highest BCUT2D eigenvalue weighted by Crippen LogP contribution is 2.29. The van der Waals surface area contributed by atoms with Gasteiger partial charge in [-0.2, -0.15) is 0 Å². The second kappa shape index (κ2) is 7.18. The first-order chi connectivity index (χ1) is 9.67. The van der Waals surface area contributed by atoms with Gasteiger partial charge in [0, 0.05) is 13.0 Å². The van der Waals surface area contributed by atoms with Crippen molar-refractivity contribution in [1.29, 1.82) is 0 Å². The number of benzene rings is 1. The van der Waals surface area contributed by atoms with Gasteiger partial charge in [-0.25, -0.2) is 0 Å². The second-order valence-corrected chi connectivity index (χ2v) is 5.38. The topological polar surface area (TPSA) is 53.7 Å². The summed E-state index contributed by atoms with van der Waals surface area (Å²) >= 11 is 0. The Morgan fingerprint density at radius 1 is 1.25 bits per heavy atom. The van der Waals surface area contributed by atoms with Crippen LogP contribution in [0.2, 0.25) is 0 Å². The molecule has 0 spiro atoms. The Labute approximate surface area is 121 Å². The lowest BCUT2D eigenvalue weighted by Crippen LogP contribution is -2.58. The number of ether oxygens (including phenoxy) is 3. The van der Waals surface area contributed by atoms with Gasteiger partial charge in [-0.1, -0.05) is 44.2 Å². The van der Waals surface area contributed by atoms with Crippen LogP contribution in [-0.4, -0.2) is 31.6 Å². The van der Waals surface area contributed by atoms with Gasteiger partial charge >= 0.3 is 0 Å². The van der Waals surface area contributed by atoms with E-state index in [0.29, 0.717) is 6.61 Å². The van der Waals surface area contributed by atoms with Crippen molar-refractivity contribution in [3.05, 3.63) is 35.9 Å². The van der Waals surface area contributed by atoms with Crippen molar-refractivity contribution in [1.82, 2.24) is 0 Å². The number of nitrogens with two attached hydrogens (primary N) is 1. The fraction of sp³-hybridized carbons (Fsp3) is 0.625. The third kappa shape index (κ3) is 3.38. The molecule has 1 aliphatic heterocycles. The van der Waals surface area contributed by atoms with Crippen molar-refractivity contribution in [2.75, 3.05) is 7.11 Å². The molecule has 2 rings (SSSR count). The zero-order valence-electron chi connectivity index (χ0n) is 12.5. The van der Waals surface area contributed by atoms with E-state index < -0.39 is 6.29 Å². The van der Waals surface area contributed by atoms with Crippen LogP contribution in [0.15, 0.2) is 30.3 Å². The Balaban J connectivity index is 2.02. The average Bonchev–Trinajstić information content (AvgIpc) is 2.48. The summed E-state index contributed by atoms with van der Waals surface area (Å²) in [7, 11) is 1.63. The molecule has 1 aliphatic rings. The Morgan fingerprint density at radius 3 is 2.55 bits per heavy atom. The maximum Gasteiger partial charge on any atom is 0.175 e. The van der Waals surface area contributed by atoms with Gasteiger partial charge in [-0.05, 0) is 12.0 Å². The van der Waals surface area contributed by atoms with Gasteiger partial charge in [0.25, 0.3) is 0 Å². The van der Waals surface area contributed by atoms with E-state index >= 15 is 0 Å². The monoisotopic (exact) mass is 279 g/mol. The Kier molecular flexibility index (Phi) is 5.54. The fourth-order valence-electron chi connectivity index (χ4n) is 2.81. The van der Waals surface area contributed by atoms with Crippen LogP contribution in [0.1, 0.15) is 25.8 Å². The van der Waals surface area contributed by atoms with Crippen molar-refractivity contribution in [2.24, 2.45) is 11.7 Å². The molecule has 0 radical (unpaired) electrons. The highest BCUT2D eigenvalue weighted by atomic mass is 16.7. The lowest BCUT2D eigenvalue weighted by molar-refractivity contribution is -0.243. The smallest absolute Gasteiger partial charge is 0.175 e. The first-order valence-corrected chi connectivity index (χ1v) is 7.26. The van der Waals surface area contributed by atoms with E-state index in [2.05, 4.69) is 26.0 Å². The zero-order chi connectivity index (χ0) is 14.5. The molecule has 20 heavy (non-hydrogen) atoms. The normalized spacial score (nSPS) is 34.1. The molecule has 1 aromatic carbocycles. The molecule has 1 heterocycles. The molecule has 4 nitrogen and oxygen atoms in total. The number of hydrogen-bond donors (Lipinski definition) is 1. The summed E-state index contributed by atoms with van der Waals surface area (Å²) in [6.45, 7) is 4.81. The van der Waals surface area contributed by atoms with E-state index in [1.807, 2.05) is 18.2 Å². The van der Waals surface area contributed by atoms with Crippen molar-refractivity contribution in [3.8, 4) is 0 Å². The maximum atomic E-state index is 6.23. The molecule has 2 N–H and O–H groups in total. The summed E-state index contributed by atoms with van der Waals surface area (Å²) in [5.74, 6) is 0.255. The first-order valence-electron chi connectivity index (χ1n) is 7.26. The van der Waals surface area contributed by atoms with Crippen molar-refractivity contribution in [2.45, 2.75) is 51.4 Å². The molecular weight excluding hydrogens is 254 g/mol. The quantitative estimate of drug-likeness (QED) is 0.898. The van der Waals surface area contributed by atoms with E-state index in [1.54, 1.807) is 7.11 Å². The van der Waals surface area contributed by atoms with Crippen LogP contribution in [0.3, 0.4) is 0 Å². The van der Waals surface area contributed by atoms with Crippen LogP contribution in [0.25, 0.3) is 0 Å². The Bertz CT molecular complexity index is 382. The molecule has 0 aromatic heterocycles. The molecule has 0 aliphatic carbocycles. The molecular formula is C16H25NO3. The van der Waals surface area contributed by atoms with Crippen LogP contribution in [-0.2, 0) is 20.8 Å². The predicted octanol–water partition coefficient (Wildman–Crippen LogP) is 2.32. The van der Waals surface area contributed by atoms with Gasteiger partial charge in [0.15, 0.2) is 6.29 Å². The average molecular weight is 279 g/mol. The van der Waals surface area contributed by atoms with E-state index in [4.69, 9.17) is 19.9 Å². The summed E-state index contributed by atoms with van der Waals surface area (Å²) < 4.78 is 17.3. The van der Waals surface area contributed by atoms with Gasteiger partial charge in [-0.15, -0.1) is 0 Å². The summed E-state index contributed by atoms with van der Waals surface area (Å²) in [6.07, 6.45) is 0.607. The van der Waals surface area contributed by atoms with E-state index in [9.17, 15) is 0 Å². The van der Waals surface area contributed by atoms with Crippen molar-refractivity contribution < 1.29 is 14.2 Å². The first kappa shape index (κ1) is 15.4. The second-order valence-electron chi connectivity index (χ2n) is 5.38. The maximum absolute atomic E-state index is 6.23. The minimum Gasteiger partial charge on any atom is -0.371 e.